The van der Waals surface area contributed by atoms with Crippen LogP contribution in [0.15, 0.2) is 24.3 Å². The first-order chi connectivity index (χ1) is 9.24. The van der Waals surface area contributed by atoms with Gasteiger partial charge in [-0.05, 0) is 43.0 Å². The van der Waals surface area contributed by atoms with E-state index < -0.39 is 0 Å². The van der Waals surface area contributed by atoms with E-state index in [1.807, 2.05) is 19.1 Å². The molecule has 1 aliphatic rings. The van der Waals surface area contributed by atoms with Gasteiger partial charge in [0, 0.05) is 37.9 Å². The summed E-state index contributed by atoms with van der Waals surface area (Å²) in [7, 11) is 1.77. The maximum atomic E-state index is 11.6. The highest BCUT2D eigenvalue weighted by Crippen LogP contribution is 2.23. The molecule has 3 heteroatoms. The van der Waals surface area contributed by atoms with E-state index in [0.717, 1.165) is 25.3 Å². The fraction of sp³-hybridized carbons (Fsp3) is 0.562. The third-order valence-electron chi connectivity index (χ3n) is 3.80. The van der Waals surface area contributed by atoms with E-state index in [0.29, 0.717) is 12.3 Å². The molecule has 1 aliphatic heterocycles. The molecule has 1 saturated heterocycles. The highest BCUT2D eigenvalue weighted by atomic mass is 16.5. The number of Topliss-reactive ketones (excluding diaryl/α,β-unsaturated/α-hetero) is 1. The van der Waals surface area contributed by atoms with Crippen molar-refractivity contribution in [2.24, 2.45) is 5.92 Å². The van der Waals surface area contributed by atoms with Crippen LogP contribution in [0.2, 0.25) is 0 Å². The molecule has 1 atom stereocenters. The Labute approximate surface area is 115 Å². The Morgan fingerprint density at radius 3 is 2.74 bits per heavy atom. The molecular weight excluding hydrogens is 238 g/mol. The number of hydrogen-bond donors (Lipinski definition) is 0. The van der Waals surface area contributed by atoms with Crippen molar-refractivity contribution in [1.82, 2.24) is 0 Å². The second-order valence-electron chi connectivity index (χ2n) is 5.23. The van der Waals surface area contributed by atoms with Gasteiger partial charge in [0.05, 0.1) is 6.61 Å². The van der Waals surface area contributed by atoms with Crippen molar-refractivity contribution in [3.05, 3.63) is 29.8 Å². The maximum absolute atomic E-state index is 11.6. The van der Waals surface area contributed by atoms with Crippen LogP contribution >= 0.6 is 0 Å². The number of methoxy groups -OCH3 is 1. The van der Waals surface area contributed by atoms with Crippen molar-refractivity contribution in [2.75, 3.05) is 31.7 Å². The van der Waals surface area contributed by atoms with Gasteiger partial charge in [-0.2, -0.15) is 0 Å². The normalized spacial score (nSPS) is 19.5. The molecule has 1 aromatic rings. The Bertz CT molecular complexity index is 411. The summed E-state index contributed by atoms with van der Waals surface area (Å²) < 4.78 is 5.26. The van der Waals surface area contributed by atoms with Crippen LogP contribution in [0.25, 0.3) is 0 Å². The van der Waals surface area contributed by atoms with Gasteiger partial charge in [0.25, 0.3) is 0 Å². The second-order valence-corrected chi connectivity index (χ2v) is 5.23. The van der Waals surface area contributed by atoms with Crippen LogP contribution < -0.4 is 4.90 Å². The molecule has 1 fully saturated rings. The smallest absolute Gasteiger partial charge is 0.162 e. The number of piperidine rings is 1. The summed E-state index contributed by atoms with van der Waals surface area (Å²) in [5.41, 5.74) is 2.03. The first-order valence-corrected chi connectivity index (χ1v) is 7.11. The number of nitrogens with zero attached hydrogens (tertiary/aromatic N) is 1. The first-order valence-electron chi connectivity index (χ1n) is 7.11. The summed E-state index contributed by atoms with van der Waals surface area (Å²) in [4.78, 5) is 14.0. The van der Waals surface area contributed by atoms with Gasteiger partial charge in [0.2, 0.25) is 0 Å². The van der Waals surface area contributed by atoms with Crippen LogP contribution in [0.4, 0.5) is 5.69 Å². The SMILES string of the molecule is CCC(=O)c1ccc(N2CCCC(COC)C2)cc1. The molecule has 0 aliphatic carbocycles. The molecular formula is C16H23NO2. The largest absolute Gasteiger partial charge is 0.384 e. The van der Waals surface area contributed by atoms with Crippen LogP contribution in [0.5, 0.6) is 0 Å². The molecule has 3 nitrogen and oxygen atoms in total. The lowest BCUT2D eigenvalue weighted by atomic mass is 9.98. The average Bonchev–Trinajstić information content (AvgIpc) is 2.47. The number of benzene rings is 1. The molecule has 2 rings (SSSR count). The molecule has 0 radical (unpaired) electrons. The fourth-order valence-corrected chi connectivity index (χ4v) is 2.73. The Hall–Kier alpha value is -1.35. The average molecular weight is 261 g/mol. The van der Waals surface area contributed by atoms with Crippen LogP contribution in [0.1, 0.15) is 36.5 Å². The highest BCUT2D eigenvalue weighted by Gasteiger charge is 2.20. The zero-order valence-corrected chi connectivity index (χ0v) is 11.9. The van der Waals surface area contributed by atoms with Gasteiger partial charge in [-0.1, -0.05) is 6.92 Å². The van der Waals surface area contributed by atoms with Crippen molar-refractivity contribution in [3.8, 4) is 0 Å². The number of hydrogen-bond acceptors (Lipinski definition) is 3. The minimum atomic E-state index is 0.211. The number of rotatable bonds is 5. The van der Waals surface area contributed by atoms with Crippen LogP contribution in [0, 0.1) is 5.92 Å². The Balaban J connectivity index is 2.03. The minimum Gasteiger partial charge on any atom is -0.384 e. The second kappa shape index (κ2) is 6.71. The lowest BCUT2D eigenvalue weighted by molar-refractivity contribution is 0.0988. The molecule has 0 amide bonds. The summed E-state index contributed by atoms with van der Waals surface area (Å²) in [5.74, 6) is 0.832. The fourth-order valence-electron chi connectivity index (χ4n) is 2.73. The number of ketones is 1. The van der Waals surface area contributed by atoms with Crippen molar-refractivity contribution < 1.29 is 9.53 Å². The highest BCUT2D eigenvalue weighted by molar-refractivity contribution is 5.96. The predicted molar refractivity (Wildman–Crippen MR) is 77.9 cm³/mol. The van der Waals surface area contributed by atoms with Crippen LogP contribution in [0.3, 0.4) is 0 Å². The van der Waals surface area contributed by atoms with Gasteiger partial charge in [0.15, 0.2) is 5.78 Å². The van der Waals surface area contributed by atoms with E-state index in [1.54, 1.807) is 7.11 Å². The molecule has 0 saturated carbocycles. The molecule has 0 N–H and O–H groups in total. The Kier molecular flexibility index (Phi) is 4.97. The van der Waals surface area contributed by atoms with E-state index in [1.165, 1.54) is 18.5 Å². The number of ether oxygens (including phenoxy) is 1. The standard InChI is InChI=1S/C16H23NO2/c1-3-16(18)14-6-8-15(9-7-14)17-10-4-5-13(11-17)12-19-2/h6-9,13H,3-5,10-12H2,1-2H3. The monoisotopic (exact) mass is 261 g/mol. The molecule has 0 bridgehead atoms. The molecule has 0 aromatic heterocycles. The van der Waals surface area contributed by atoms with Crippen molar-refractivity contribution in [1.29, 1.82) is 0 Å². The quantitative estimate of drug-likeness (QED) is 0.763. The van der Waals surface area contributed by atoms with Crippen molar-refractivity contribution in [2.45, 2.75) is 26.2 Å². The van der Waals surface area contributed by atoms with Crippen molar-refractivity contribution >= 4 is 11.5 Å². The molecule has 0 spiro atoms. The van der Waals surface area contributed by atoms with Gasteiger partial charge in [0.1, 0.15) is 0 Å². The maximum Gasteiger partial charge on any atom is 0.162 e. The summed E-state index contributed by atoms with van der Waals surface area (Å²) >= 11 is 0. The zero-order valence-electron chi connectivity index (χ0n) is 11.9. The van der Waals surface area contributed by atoms with Gasteiger partial charge in [-0.3, -0.25) is 4.79 Å². The van der Waals surface area contributed by atoms with Crippen molar-refractivity contribution in [3.63, 3.8) is 0 Å². The summed E-state index contributed by atoms with van der Waals surface area (Å²) in [6, 6.07) is 8.03. The van der Waals surface area contributed by atoms with Gasteiger partial charge in [-0.15, -0.1) is 0 Å². The molecule has 1 unspecified atom stereocenters. The summed E-state index contributed by atoms with van der Waals surface area (Å²) in [6.07, 6.45) is 3.03. The molecule has 1 heterocycles. The predicted octanol–water partition coefficient (Wildman–Crippen LogP) is 3.14. The molecule has 104 valence electrons. The van der Waals surface area contributed by atoms with E-state index in [2.05, 4.69) is 17.0 Å². The lowest BCUT2D eigenvalue weighted by Crippen LogP contribution is -2.37. The molecule has 19 heavy (non-hydrogen) atoms. The van der Waals surface area contributed by atoms with E-state index >= 15 is 0 Å². The number of carbonyl (C=O) groups is 1. The van der Waals surface area contributed by atoms with Gasteiger partial charge in [-0.25, -0.2) is 0 Å². The van der Waals surface area contributed by atoms with Gasteiger partial charge < -0.3 is 9.64 Å². The van der Waals surface area contributed by atoms with Gasteiger partial charge >= 0.3 is 0 Å². The van der Waals surface area contributed by atoms with Crippen LogP contribution in [-0.2, 0) is 4.74 Å². The number of anilines is 1. The first kappa shape index (κ1) is 14.1. The summed E-state index contributed by atoms with van der Waals surface area (Å²) in [5, 5.41) is 0. The van der Waals surface area contributed by atoms with E-state index in [-0.39, 0.29) is 5.78 Å². The van der Waals surface area contributed by atoms with Crippen LogP contribution in [-0.4, -0.2) is 32.6 Å². The Morgan fingerprint density at radius 2 is 2.11 bits per heavy atom. The van der Waals surface area contributed by atoms with E-state index in [4.69, 9.17) is 4.74 Å². The third kappa shape index (κ3) is 3.57. The number of carbonyl (C=O) groups excluding carboxylic acids is 1. The minimum absolute atomic E-state index is 0.211. The zero-order chi connectivity index (χ0) is 13.7. The topological polar surface area (TPSA) is 29.5 Å². The molecule has 1 aromatic carbocycles. The Morgan fingerprint density at radius 1 is 1.37 bits per heavy atom. The third-order valence-corrected chi connectivity index (χ3v) is 3.80. The summed E-state index contributed by atoms with van der Waals surface area (Å²) in [6.45, 7) is 4.88. The lowest BCUT2D eigenvalue weighted by Gasteiger charge is -2.34. The van der Waals surface area contributed by atoms with E-state index in [9.17, 15) is 4.79 Å².